The van der Waals surface area contributed by atoms with Crippen molar-refractivity contribution in [2.24, 2.45) is 0 Å². The lowest BCUT2D eigenvalue weighted by molar-refractivity contribution is 0.198. The van der Waals surface area contributed by atoms with Gasteiger partial charge < -0.3 is 9.80 Å². The first-order valence-corrected chi connectivity index (χ1v) is 5.74. The third-order valence-electron chi connectivity index (χ3n) is 3.64. The molecule has 4 heteroatoms. The van der Waals surface area contributed by atoms with Crippen LogP contribution in [0, 0.1) is 6.92 Å². The summed E-state index contributed by atoms with van der Waals surface area (Å²) in [5, 5.41) is 8.35. The van der Waals surface area contributed by atoms with Crippen molar-refractivity contribution in [3.8, 4) is 0 Å². The first kappa shape index (κ1) is 11.3. The molecular formula is C12H20N4. The fraction of sp³-hybridized carbons (Fsp3) is 0.667. The zero-order valence-electron chi connectivity index (χ0n) is 10.6. The molecule has 4 nitrogen and oxygen atoms in total. The van der Waals surface area contributed by atoms with E-state index in [0.29, 0.717) is 0 Å². The summed E-state index contributed by atoms with van der Waals surface area (Å²) in [6.45, 7) is 6.35. The van der Waals surface area contributed by atoms with Crippen LogP contribution in [0.2, 0.25) is 0 Å². The van der Waals surface area contributed by atoms with Crippen molar-refractivity contribution in [2.75, 3.05) is 32.1 Å². The number of nitrogens with zero attached hydrogens (tertiary/aromatic N) is 4. The largest absolute Gasteiger partial charge is 0.353 e. The van der Waals surface area contributed by atoms with E-state index in [1.807, 2.05) is 13.0 Å². The summed E-state index contributed by atoms with van der Waals surface area (Å²) >= 11 is 0. The van der Waals surface area contributed by atoms with Crippen LogP contribution in [0.25, 0.3) is 0 Å². The normalized spacial score (nSPS) is 25.4. The van der Waals surface area contributed by atoms with Crippen molar-refractivity contribution in [3.63, 3.8) is 0 Å². The molecule has 1 unspecified atom stereocenters. The van der Waals surface area contributed by atoms with E-state index in [1.165, 1.54) is 6.42 Å². The van der Waals surface area contributed by atoms with Crippen LogP contribution in [0.4, 0.5) is 5.82 Å². The summed E-state index contributed by atoms with van der Waals surface area (Å²) in [5.74, 6) is 0.996. The summed E-state index contributed by atoms with van der Waals surface area (Å²) in [6, 6.07) is 4.08. The van der Waals surface area contributed by atoms with Gasteiger partial charge in [0.1, 0.15) is 0 Å². The number of aromatic nitrogens is 2. The molecule has 16 heavy (non-hydrogen) atoms. The Bertz CT molecular complexity index is 360. The molecule has 1 aromatic rings. The molecule has 1 aliphatic rings. The molecule has 1 aromatic heterocycles. The van der Waals surface area contributed by atoms with Crippen molar-refractivity contribution in [2.45, 2.75) is 25.8 Å². The first-order chi connectivity index (χ1) is 7.51. The van der Waals surface area contributed by atoms with Crippen LogP contribution in [-0.4, -0.2) is 47.8 Å². The predicted octanol–water partition coefficient (Wildman–Crippen LogP) is 1.32. The van der Waals surface area contributed by atoms with Gasteiger partial charge in [-0.3, -0.25) is 0 Å². The van der Waals surface area contributed by atoms with Gasteiger partial charge in [-0.2, -0.15) is 5.10 Å². The van der Waals surface area contributed by atoms with Gasteiger partial charge in [0.25, 0.3) is 0 Å². The maximum Gasteiger partial charge on any atom is 0.151 e. The Balaban J connectivity index is 2.12. The van der Waals surface area contributed by atoms with Gasteiger partial charge in [0, 0.05) is 18.6 Å². The van der Waals surface area contributed by atoms with Crippen LogP contribution in [0.5, 0.6) is 0 Å². The smallest absolute Gasteiger partial charge is 0.151 e. The topological polar surface area (TPSA) is 32.3 Å². The Hall–Kier alpha value is -1.16. The number of anilines is 1. The minimum absolute atomic E-state index is 0.257. The van der Waals surface area contributed by atoms with Crippen molar-refractivity contribution in [1.82, 2.24) is 15.1 Å². The van der Waals surface area contributed by atoms with Gasteiger partial charge in [0.2, 0.25) is 0 Å². The quantitative estimate of drug-likeness (QED) is 0.752. The Kier molecular flexibility index (Phi) is 2.84. The molecule has 1 aliphatic heterocycles. The monoisotopic (exact) mass is 220 g/mol. The Morgan fingerprint density at radius 1 is 1.31 bits per heavy atom. The summed E-state index contributed by atoms with van der Waals surface area (Å²) < 4.78 is 0. The SMILES string of the molecule is Cc1ccc(N2CCC(C)(N(C)C)C2)nn1. The average Bonchev–Trinajstić information content (AvgIpc) is 2.63. The number of likely N-dealkylation sites (N-methyl/N-ethyl adjacent to an activating group) is 1. The zero-order chi connectivity index (χ0) is 11.8. The van der Waals surface area contributed by atoms with E-state index in [0.717, 1.165) is 24.6 Å². The average molecular weight is 220 g/mol. The van der Waals surface area contributed by atoms with Crippen molar-refractivity contribution < 1.29 is 0 Å². The van der Waals surface area contributed by atoms with Gasteiger partial charge in [-0.1, -0.05) is 0 Å². The van der Waals surface area contributed by atoms with Crippen LogP contribution < -0.4 is 4.90 Å². The van der Waals surface area contributed by atoms with Crippen molar-refractivity contribution in [3.05, 3.63) is 17.8 Å². The lowest BCUT2D eigenvalue weighted by atomic mass is 10.0. The first-order valence-electron chi connectivity index (χ1n) is 5.74. The predicted molar refractivity (Wildman–Crippen MR) is 65.7 cm³/mol. The van der Waals surface area contributed by atoms with Gasteiger partial charge in [-0.25, -0.2) is 0 Å². The molecule has 2 heterocycles. The molecule has 0 N–H and O–H groups in total. The highest BCUT2D eigenvalue weighted by atomic mass is 15.3. The molecule has 1 fully saturated rings. The highest BCUT2D eigenvalue weighted by Gasteiger charge is 2.36. The Labute approximate surface area is 97.3 Å². The second-order valence-corrected chi connectivity index (χ2v) is 5.10. The van der Waals surface area contributed by atoms with Crippen LogP contribution in [0.1, 0.15) is 19.0 Å². The van der Waals surface area contributed by atoms with Crippen LogP contribution >= 0.6 is 0 Å². The fourth-order valence-corrected chi connectivity index (χ4v) is 2.07. The molecule has 1 atom stereocenters. The van der Waals surface area contributed by atoms with Gasteiger partial charge >= 0.3 is 0 Å². The maximum absolute atomic E-state index is 4.24. The van der Waals surface area contributed by atoms with Crippen LogP contribution in [0.3, 0.4) is 0 Å². The van der Waals surface area contributed by atoms with Gasteiger partial charge in [0.15, 0.2) is 5.82 Å². The third-order valence-corrected chi connectivity index (χ3v) is 3.64. The van der Waals surface area contributed by atoms with E-state index in [9.17, 15) is 0 Å². The molecule has 0 amide bonds. The third kappa shape index (κ3) is 2.02. The van der Waals surface area contributed by atoms with E-state index >= 15 is 0 Å². The molecular weight excluding hydrogens is 200 g/mol. The molecule has 0 spiro atoms. The molecule has 0 radical (unpaired) electrons. The van der Waals surface area contributed by atoms with Gasteiger partial charge in [-0.15, -0.1) is 5.10 Å². The maximum atomic E-state index is 4.24. The molecule has 1 saturated heterocycles. The number of hydrogen-bond donors (Lipinski definition) is 0. The van der Waals surface area contributed by atoms with E-state index in [2.05, 4.69) is 47.1 Å². The minimum atomic E-state index is 0.257. The number of rotatable bonds is 2. The van der Waals surface area contributed by atoms with Gasteiger partial charge in [-0.05, 0) is 46.5 Å². The van der Waals surface area contributed by atoms with Gasteiger partial charge in [0.05, 0.1) is 5.69 Å². The Morgan fingerprint density at radius 3 is 2.56 bits per heavy atom. The second kappa shape index (κ2) is 4.01. The minimum Gasteiger partial charge on any atom is -0.353 e. The van der Waals surface area contributed by atoms with E-state index in [-0.39, 0.29) is 5.54 Å². The fourth-order valence-electron chi connectivity index (χ4n) is 2.07. The molecule has 0 saturated carbocycles. The lowest BCUT2D eigenvalue weighted by Gasteiger charge is -2.32. The van der Waals surface area contributed by atoms with Crippen molar-refractivity contribution in [1.29, 1.82) is 0 Å². The van der Waals surface area contributed by atoms with Crippen LogP contribution in [-0.2, 0) is 0 Å². The summed E-state index contributed by atoms with van der Waals surface area (Å²) in [6.07, 6.45) is 1.18. The zero-order valence-corrected chi connectivity index (χ0v) is 10.6. The standard InChI is InChI=1S/C12H20N4/c1-10-5-6-11(14-13-10)16-8-7-12(2,9-16)15(3)4/h5-6H,7-9H2,1-4H3. The van der Waals surface area contributed by atoms with Crippen LogP contribution in [0.15, 0.2) is 12.1 Å². The van der Waals surface area contributed by atoms with E-state index < -0.39 is 0 Å². The number of aryl methyl sites for hydroxylation is 1. The summed E-state index contributed by atoms with van der Waals surface area (Å²) in [7, 11) is 4.29. The molecule has 0 bridgehead atoms. The Morgan fingerprint density at radius 2 is 2.06 bits per heavy atom. The van der Waals surface area contributed by atoms with Crippen molar-refractivity contribution >= 4 is 5.82 Å². The molecule has 88 valence electrons. The highest BCUT2D eigenvalue weighted by Crippen LogP contribution is 2.28. The summed E-state index contributed by atoms with van der Waals surface area (Å²) in [4.78, 5) is 4.61. The summed E-state index contributed by atoms with van der Waals surface area (Å²) in [5.41, 5.74) is 1.23. The molecule has 0 aromatic carbocycles. The van der Waals surface area contributed by atoms with E-state index in [4.69, 9.17) is 0 Å². The van der Waals surface area contributed by atoms with E-state index in [1.54, 1.807) is 0 Å². The second-order valence-electron chi connectivity index (χ2n) is 5.10. The lowest BCUT2D eigenvalue weighted by Crippen LogP contribution is -2.43. The number of hydrogen-bond acceptors (Lipinski definition) is 4. The molecule has 0 aliphatic carbocycles. The molecule has 2 rings (SSSR count). The highest BCUT2D eigenvalue weighted by molar-refractivity contribution is 5.40.